The number of fused-ring (bicyclic) bond motifs is 1. The first-order valence-electron chi connectivity index (χ1n) is 9.22. The number of piperidine rings is 1. The van der Waals surface area contributed by atoms with Gasteiger partial charge >= 0.3 is 0 Å². The number of nitrogens with zero attached hydrogens (tertiary/aromatic N) is 3. The summed E-state index contributed by atoms with van der Waals surface area (Å²) in [4.78, 5) is 31.6. The Labute approximate surface area is 151 Å². The van der Waals surface area contributed by atoms with Crippen LogP contribution in [0.15, 0.2) is 15.6 Å². The summed E-state index contributed by atoms with van der Waals surface area (Å²) in [5.41, 5.74) is -0.561. The molecule has 0 atom stereocenters. The third-order valence-electron chi connectivity index (χ3n) is 4.79. The summed E-state index contributed by atoms with van der Waals surface area (Å²) in [6, 6.07) is -0.232. The van der Waals surface area contributed by atoms with Crippen molar-refractivity contribution in [2.45, 2.75) is 45.6 Å². The molecule has 8 nitrogen and oxygen atoms in total. The molecule has 1 aliphatic rings. The van der Waals surface area contributed by atoms with Crippen LogP contribution < -0.4 is 10.9 Å². The number of oxazole rings is 1. The topological polar surface area (TPSA) is 101 Å². The lowest BCUT2D eigenvalue weighted by Crippen LogP contribution is -2.36. The fourth-order valence-corrected chi connectivity index (χ4v) is 3.46. The first-order valence-corrected chi connectivity index (χ1v) is 9.22. The number of aromatic nitrogens is 2. The number of nitrogens with one attached hydrogen (secondary N) is 1. The van der Waals surface area contributed by atoms with Crippen LogP contribution in [0.5, 0.6) is 5.75 Å². The molecule has 1 saturated heterocycles. The van der Waals surface area contributed by atoms with E-state index >= 15 is 0 Å². The van der Waals surface area contributed by atoms with Crippen molar-refractivity contribution in [3.8, 4) is 5.75 Å². The molecule has 0 saturated carbocycles. The van der Waals surface area contributed by atoms with Crippen LogP contribution >= 0.6 is 0 Å². The van der Waals surface area contributed by atoms with Crippen molar-refractivity contribution >= 4 is 17.1 Å². The summed E-state index contributed by atoms with van der Waals surface area (Å²) < 4.78 is 6.57. The summed E-state index contributed by atoms with van der Waals surface area (Å²) in [5, 5.41) is 13.1. The van der Waals surface area contributed by atoms with E-state index in [9.17, 15) is 14.7 Å². The number of aromatic hydroxyl groups is 1. The maximum Gasteiger partial charge on any atom is 0.270 e. The highest BCUT2D eigenvalue weighted by atomic mass is 16.3. The van der Waals surface area contributed by atoms with Crippen LogP contribution in [-0.4, -0.2) is 51.6 Å². The minimum atomic E-state index is -0.578. The Morgan fingerprint density at radius 3 is 2.77 bits per heavy atom. The number of rotatable bonds is 6. The van der Waals surface area contributed by atoms with Crippen LogP contribution in [0, 0.1) is 0 Å². The van der Waals surface area contributed by atoms with E-state index in [1.165, 1.54) is 23.8 Å². The summed E-state index contributed by atoms with van der Waals surface area (Å²) in [7, 11) is 0. The molecule has 2 aromatic rings. The smallest absolute Gasteiger partial charge is 0.270 e. The van der Waals surface area contributed by atoms with Gasteiger partial charge in [0.25, 0.3) is 11.5 Å². The molecule has 8 heteroatoms. The van der Waals surface area contributed by atoms with Gasteiger partial charge in [0.15, 0.2) is 17.7 Å². The average molecular weight is 362 g/mol. The number of amides is 1. The number of pyridine rings is 1. The van der Waals surface area contributed by atoms with Gasteiger partial charge in [-0.2, -0.15) is 0 Å². The van der Waals surface area contributed by atoms with Crippen molar-refractivity contribution in [2.75, 3.05) is 26.2 Å². The maximum atomic E-state index is 12.7. The zero-order valence-electron chi connectivity index (χ0n) is 15.3. The van der Waals surface area contributed by atoms with E-state index in [1.807, 2.05) is 0 Å². The Hall–Kier alpha value is -2.35. The lowest BCUT2D eigenvalue weighted by Gasteiger charge is -2.26. The maximum absolute atomic E-state index is 12.7. The first-order chi connectivity index (χ1) is 12.5. The Morgan fingerprint density at radius 1 is 1.35 bits per heavy atom. The summed E-state index contributed by atoms with van der Waals surface area (Å²) >= 11 is 0. The second kappa shape index (κ2) is 7.90. The highest BCUT2D eigenvalue weighted by Gasteiger charge is 2.25. The number of carbonyl (C=O) groups is 1. The van der Waals surface area contributed by atoms with E-state index in [1.54, 1.807) is 13.8 Å². The number of hydrogen-bond donors (Lipinski definition) is 2. The van der Waals surface area contributed by atoms with E-state index < -0.39 is 17.2 Å². The molecule has 3 rings (SSSR count). The Kier molecular flexibility index (Phi) is 5.61. The lowest BCUT2D eigenvalue weighted by molar-refractivity contribution is 0.0946. The fourth-order valence-electron chi connectivity index (χ4n) is 3.46. The van der Waals surface area contributed by atoms with Gasteiger partial charge in [-0.15, -0.1) is 0 Å². The Morgan fingerprint density at radius 2 is 2.08 bits per heavy atom. The molecule has 1 amide bonds. The monoisotopic (exact) mass is 362 g/mol. The molecule has 142 valence electrons. The standard InChI is InChI=1S/C18H26N4O4/c1-12(2)22-17(25)13(15(23)14-18(22)26-11-20-14)16(24)19-7-6-10-21-8-4-3-5-9-21/h11-12,23H,3-10H2,1-2H3,(H,19,24). The molecular formula is C18H26N4O4. The minimum absolute atomic E-state index is 0.122. The molecule has 3 heterocycles. The molecule has 1 aliphatic heterocycles. The summed E-state index contributed by atoms with van der Waals surface area (Å²) in [5.74, 6) is -1.00. The van der Waals surface area contributed by atoms with Crippen LogP contribution in [0.25, 0.3) is 11.2 Å². The zero-order valence-corrected chi connectivity index (χ0v) is 15.3. The van der Waals surface area contributed by atoms with Gasteiger partial charge in [0, 0.05) is 12.6 Å². The molecule has 0 unspecified atom stereocenters. The second-order valence-electron chi connectivity index (χ2n) is 7.01. The van der Waals surface area contributed by atoms with Crippen LogP contribution in [0.2, 0.25) is 0 Å². The van der Waals surface area contributed by atoms with Gasteiger partial charge in [-0.05, 0) is 52.7 Å². The van der Waals surface area contributed by atoms with Crippen molar-refractivity contribution < 1.29 is 14.3 Å². The van der Waals surface area contributed by atoms with Gasteiger partial charge in [-0.25, -0.2) is 4.98 Å². The van der Waals surface area contributed by atoms with Gasteiger partial charge in [0.1, 0.15) is 5.56 Å². The zero-order chi connectivity index (χ0) is 18.7. The third kappa shape index (κ3) is 3.60. The van der Waals surface area contributed by atoms with Crippen molar-refractivity contribution in [1.82, 2.24) is 19.8 Å². The highest BCUT2D eigenvalue weighted by molar-refractivity contribution is 6.00. The van der Waals surface area contributed by atoms with E-state index in [2.05, 4.69) is 15.2 Å². The number of likely N-dealkylation sites (tertiary alicyclic amines) is 1. The predicted octanol–water partition coefficient (Wildman–Crippen LogP) is 1.88. The van der Waals surface area contributed by atoms with Gasteiger partial charge in [-0.3, -0.25) is 14.2 Å². The van der Waals surface area contributed by atoms with Gasteiger partial charge in [-0.1, -0.05) is 6.42 Å². The van der Waals surface area contributed by atoms with E-state index in [0.717, 1.165) is 32.4 Å². The SMILES string of the molecule is CC(C)n1c(=O)c(C(=O)NCCCN2CCCCC2)c(O)c2ncoc21. The first kappa shape index (κ1) is 18.4. The molecule has 2 aromatic heterocycles. The van der Waals surface area contributed by atoms with Crippen LogP contribution in [0.3, 0.4) is 0 Å². The molecule has 0 aromatic carbocycles. The Bertz CT molecular complexity index is 834. The molecule has 1 fully saturated rings. The van der Waals surface area contributed by atoms with E-state index in [4.69, 9.17) is 4.42 Å². The van der Waals surface area contributed by atoms with Gasteiger partial charge in [0.05, 0.1) is 0 Å². The number of carbonyl (C=O) groups excluding carboxylic acids is 1. The van der Waals surface area contributed by atoms with Crippen molar-refractivity contribution in [3.63, 3.8) is 0 Å². The van der Waals surface area contributed by atoms with Crippen molar-refractivity contribution in [2.24, 2.45) is 0 Å². The molecule has 26 heavy (non-hydrogen) atoms. The average Bonchev–Trinajstić information content (AvgIpc) is 3.09. The Balaban J connectivity index is 1.72. The minimum Gasteiger partial charge on any atom is -0.505 e. The molecule has 0 spiro atoms. The molecule has 2 N–H and O–H groups in total. The largest absolute Gasteiger partial charge is 0.505 e. The second-order valence-corrected chi connectivity index (χ2v) is 7.01. The van der Waals surface area contributed by atoms with Crippen LogP contribution in [0.1, 0.15) is 55.9 Å². The highest BCUT2D eigenvalue weighted by Crippen LogP contribution is 2.26. The lowest BCUT2D eigenvalue weighted by atomic mass is 10.1. The van der Waals surface area contributed by atoms with Crippen LogP contribution in [-0.2, 0) is 0 Å². The third-order valence-corrected chi connectivity index (χ3v) is 4.79. The summed E-state index contributed by atoms with van der Waals surface area (Å²) in [6.45, 7) is 7.20. The molecule has 0 bridgehead atoms. The van der Waals surface area contributed by atoms with Crippen molar-refractivity contribution in [1.29, 1.82) is 0 Å². The molecule has 0 radical (unpaired) electrons. The molecule has 0 aliphatic carbocycles. The van der Waals surface area contributed by atoms with Gasteiger partial charge in [0.2, 0.25) is 5.71 Å². The van der Waals surface area contributed by atoms with E-state index in [0.29, 0.717) is 6.54 Å². The summed E-state index contributed by atoms with van der Waals surface area (Å²) in [6.07, 6.45) is 5.71. The van der Waals surface area contributed by atoms with Crippen molar-refractivity contribution in [3.05, 3.63) is 22.3 Å². The van der Waals surface area contributed by atoms with Crippen LogP contribution in [0.4, 0.5) is 0 Å². The van der Waals surface area contributed by atoms with E-state index in [-0.39, 0.29) is 22.8 Å². The predicted molar refractivity (Wildman–Crippen MR) is 97.6 cm³/mol. The molecular weight excluding hydrogens is 336 g/mol. The normalized spacial score (nSPS) is 15.7. The van der Waals surface area contributed by atoms with Gasteiger partial charge < -0.3 is 19.7 Å². The fraction of sp³-hybridized carbons (Fsp3) is 0.611. The quantitative estimate of drug-likeness (QED) is 0.761. The number of hydrogen-bond acceptors (Lipinski definition) is 6.